The number of hydrogen-bond donors (Lipinski definition) is 3. The summed E-state index contributed by atoms with van der Waals surface area (Å²) >= 11 is 0. The van der Waals surface area contributed by atoms with Gasteiger partial charge in [0.2, 0.25) is 0 Å². The van der Waals surface area contributed by atoms with Crippen molar-refractivity contribution in [2.24, 2.45) is 5.92 Å². The third-order valence-corrected chi connectivity index (χ3v) is 18.3. The number of aliphatic hydroxyl groups excluding tert-OH is 1. The minimum absolute atomic E-state index is 0.106. The molecule has 0 aliphatic heterocycles. The highest BCUT2D eigenvalue weighted by Crippen LogP contribution is 2.45. The van der Waals surface area contributed by atoms with Gasteiger partial charge in [-0.25, -0.2) is 9.13 Å². The number of esters is 4. The first-order valence-corrected chi connectivity index (χ1v) is 39.2. The van der Waals surface area contributed by atoms with Gasteiger partial charge in [0.1, 0.15) is 19.3 Å². The van der Waals surface area contributed by atoms with E-state index in [0.29, 0.717) is 25.7 Å². The topological polar surface area (TPSA) is 237 Å². The fourth-order valence-electron chi connectivity index (χ4n) is 10.4. The monoisotopic (exact) mass is 1300 g/mol. The molecule has 19 heteroatoms. The summed E-state index contributed by atoms with van der Waals surface area (Å²) in [7, 11) is -9.89. The van der Waals surface area contributed by atoms with Gasteiger partial charge in [-0.15, -0.1) is 0 Å². The molecule has 0 aromatic rings. The van der Waals surface area contributed by atoms with Crippen LogP contribution in [0.25, 0.3) is 0 Å². The molecular weight excluding hydrogens is 1160 g/mol. The summed E-state index contributed by atoms with van der Waals surface area (Å²) in [5.74, 6) is -1.40. The zero-order valence-electron chi connectivity index (χ0n) is 56.9. The quantitative estimate of drug-likeness (QED) is 0.0222. The zero-order chi connectivity index (χ0) is 64.9. The van der Waals surface area contributed by atoms with Crippen LogP contribution in [-0.4, -0.2) is 96.7 Å². The van der Waals surface area contributed by atoms with Crippen LogP contribution in [0.15, 0.2) is 0 Å². The molecule has 3 unspecified atom stereocenters. The van der Waals surface area contributed by atoms with E-state index in [2.05, 4.69) is 34.6 Å². The fourth-order valence-corrected chi connectivity index (χ4v) is 12.0. The average molecular weight is 1300 g/mol. The maximum Gasteiger partial charge on any atom is 0.472 e. The van der Waals surface area contributed by atoms with E-state index in [4.69, 9.17) is 37.0 Å². The molecule has 3 N–H and O–H groups in total. The molecule has 522 valence electrons. The summed E-state index contributed by atoms with van der Waals surface area (Å²) in [6.45, 7) is 7.17. The molecule has 0 bridgehead atoms. The zero-order valence-corrected chi connectivity index (χ0v) is 58.6. The molecule has 0 saturated carbocycles. The van der Waals surface area contributed by atoms with Crippen LogP contribution in [0.4, 0.5) is 0 Å². The lowest BCUT2D eigenvalue weighted by Gasteiger charge is -2.21. The number of phosphoric ester groups is 2. The molecule has 0 aromatic carbocycles. The van der Waals surface area contributed by atoms with Gasteiger partial charge in [-0.1, -0.05) is 304 Å². The van der Waals surface area contributed by atoms with Gasteiger partial charge < -0.3 is 33.8 Å². The molecule has 0 heterocycles. The van der Waals surface area contributed by atoms with E-state index in [1.165, 1.54) is 173 Å². The summed E-state index contributed by atoms with van der Waals surface area (Å²) in [5.41, 5.74) is 0. The molecule has 0 spiro atoms. The van der Waals surface area contributed by atoms with Crippen LogP contribution in [0, 0.1) is 5.92 Å². The van der Waals surface area contributed by atoms with Crippen molar-refractivity contribution >= 4 is 39.5 Å². The minimum atomic E-state index is -4.95. The van der Waals surface area contributed by atoms with Crippen molar-refractivity contribution in [2.45, 2.75) is 374 Å². The summed E-state index contributed by atoms with van der Waals surface area (Å²) < 4.78 is 68.1. The highest BCUT2D eigenvalue weighted by molar-refractivity contribution is 7.47. The number of carbonyl (C=O) groups excluding carboxylic acids is 4. The second-order valence-corrected chi connectivity index (χ2v) is 28.1. The molecule has 0 rings (SSSR count). The summed E-state index contributed by atoms with van der Waals surface area (Å²) in [6, 6.07) is 0. The van der Waals surface area contributed by atoms with Crippen LogP contribution in [0.1, 0.15) is 356 Å². The van der Waals surface area contributed by atoms with Crippen LogP contribution >= 0.6 is 15.6 Å². The Hall–Kier alpha value is -1.94. The van der Waals surface area contributed by atoms with Crippen LogP contribution in [0.2, 0.25) is 0 Å². The van der Waals surface area contributed by atoms with Crippen LogP contribution in [0.5, 0.6) is 0 Å². The van der Waals surface area contributed by atoms with Crippen molar-refractivity contribution < 1.29 is 80.2 Å². The SMILES string of the molecule is CCCCCCCCCCCCCCCCCCCCCC(=O)O[C@H](COC(=O)CCCCCCCCC(C)CC)COP(=O)(O)OC[C@@H](O)COP(=O)(O)OC[C@@H](COC(=O)CCCCCCCCCCC)OC(=O)CCCCCCCCCCCC. The Kier molecular flexibility index (Phi) is 61.1. The summed E-state index contributed by atoms with van der Waals surface area (Å²) in [6.07, 6.45) is 48.7. The first-order valence-electron chi connectivity index (χ1n) is 36.2. The van der Waals surface area contributed by atoms with E-state index < -0.39 is 97.5 Å². The van der Waals surface area contributed by atoms with Gasteiger partial charge in [0.15, 0.2) is 12.2 Å². The number of aliphatic hydroxyl groups is 1. The Morgan fingerprint density at radius 1 is 0.318 bits per heavy atom. The van der Waals surface area contributed by atoms with E-state index in [0.717, 1.165) is 102 Å². The predicted molar refractivity (Wildman–Crippen MR) is 354 cm³/mol. The second-order valence-electron chi connectivity index (χ2n) is 25.2. The maximum atomic E-state index is 13.0. The predicted octanol–water partition coefficient (Wildman–Crippen LogP) is 19.7. The Labute approximate surface area is 537 Å². The van der Waals surface area contributed by atoms with E-state index >= 15 is 0 Å². The number of unbranched alkanes of at least 4 members (excludes halogenated alkanes) is 40. The van der Waals surface area contributed by atoms with Crippen molar-refractivity contribution in [3.8, 4) is 0 Å². The molecule has 0 aliphatic carbocycles. The molecule has 0 saturated heterocycles. The van der Waals surface area contributed by atoms with Crippen molar-refractivity contribution in [3.63, 3.8) is 0 Å². The van der Waals surface area contributed by atoms with Gasteiger partial charge in [0.25, 0.3) is 0 Å². The van der Waals surface area contributed by atoms with Crippen molar-refractivity contribution in [1.29, 1.82) is 0 Å². The largest absolute Gasteiger partial charge is 0.472 e. The molecular formula is C69H134O17P2. The van der Waals surface area contributed by atoms with Crippen molar-refractivity contribution in [1.82, 2.24) is 0 Å². The highest BCUT2D eigenvalue weighted by Gasteiger charge is 2.30. The van der Waals surface area contributed by atoms with E-state index in [-0.39, 0.29) is 25.7 Å². The normalized spacial score (nSPS) is 14.4. The van der Waals surface area contributed by atoms with Gasteiger partial charge in [0.05, 0.1) is 26.4 Å². The van der Waals surface area contributed by atoms with Gasteiger partial charge in [-0.2, -0.15) is 0 Å². The average Bonchev–Trinajstić information content (AvgIpc) is 3.68. The minimum Gasteiger partial charge on any atom is -0.462 e. The Bertz CT molecular complexity index is 1710. The lowest BCUT2D eigenvalue weighted by Crippen LogP contribution is -2.30. The van der Waals surface area contributed by atoms with Crippen LogP contribution < -0.4 is 0 Å². The Morgan fingerprint density at radius 2 is 0.545 bits per heavy atom. The van der Waals surface area contributed by atoms with Crippen LogP contribution in [-0.2, 0) is 65.4 Å². The fraction of sp³-hybridized carbons (Fsp3) is 0.942. The smallest absolute Gasteiger partial charge is 0.462 e. The molecule has 0 fully saturated rings. The summed E-state index contributed by atoms with van der Waals surface area (Å²) in [4.78, 5) is 72.4. The Morgan fingerprint density at radius 3 is 0.807 bits per heavy atom. The highest BCUT2D eigenvalue weighted by atomic mass is 31.2. The second kappa shape index (κ2) is 62.5. The Balaban J connectivity index is 5.17. The van der Waals surface area contributed by atoms with Gasteiger partial charge in [0, 0.05) is 25.7 Å². The molecule has 6 atom stereocenters. The van der Waals surface area contributed by atoms with E-state index in [1.54, 1.807) is 0 Å². The van der Waals surface area contributed by atoms with Gasteiger partial charge in [-0.3, -0.25) is 37.3 Å². The lowest BCUT2D eigenvalue weighted by atomic mass is 10.00. The van der Waals surface area contributed by atoms with Crippen molar-refractivity contribution in [3.05, 3.63) is 0 Å². The number of rotatable bonds is 69. The van der Waals surface area contributed by atoms with Crippen molar-refractivity contribution in [2.75, 3.05) is 39.6 Å². The molecule has 0 radical (unpaired) electrons. The molecule has 17 nitrogen and oxygen atoms in total. The number of hydrogen-bond acceptors (Lipinski definition) is 15. The van der Waals surface area contributed by atoms with Gasteiger partial charge in [-0.05, 0) is 31.6 Å². The third-order valence-electron chi connectivity index (χ3n) is 16.4. The summed E-state index contributed by atoms with van der Waals surface area (Å²) in [5, 5.41) is 10.6. The number of carbonyl (C=O) groups is 4. The molecule has 0 amide bonds. The number of ether oxygens (including phenoxy) is 4. The molecule has 0 aliphatic rings. The molecule has 0 aromatic heterocycles. The van der Waals surface area contributed by atoms with E-state index in [1.807, 2.05) is 0 Å². The van der Waals surface area contributed by atoms with Gasteiger partial charge >= 0.3 is 39.5 Å². The first kappa shape index (κ1) is 86.1. The standard InChI is InChI=1S/C69H134O17P2/c1-6-10-13-16-19-22-24-25-26-27-28-29-30-31-32-35-38-45-50-55-69(74)86-65(59-80-67(72)53-48-43-40-39-41-46-51-62(5)9-4)61-84-88(77,78)82-57-63(70)56-81-87(75,76)83-60-64(58-79-66(71)52-47-42-36-33-21-18-15-12-8-3)85-68(73)54-49-44-37-34-23-20-17-14-11-7-2/h62-65,70H,6-61H2,1-5H3,(H,75,76)(H,77,78)/t62?,63-,64+,65+/m0/s1. The number of phosphoric acid groups is 2. The van der Waals surface area contributed by atoms with Crippen LogP contribution in [0.3, 0.4) is 0 Å². The van der Waals surface area contributed by atoms with E-state index in [9.17, 15) is 43.2 Å². The first-order chi connectivity index (χ1) is 42.6. The third kappa shape index (κ3) is 61.6. The lowest BCUT2D eigenvalue weighted by molar-refractivity contribution is -0.161. The maximum absolute atomic E-state index is 13.0. The molecule has 88 heavy (non-hydrogen) atoms.